The Morgan fingerprint density at radius 3 is 2.52 bits per heavy atom. The lowest BCUT2D eigenvalue weighted by Crippen LogP contribution is -2.27. The van der Waals surface area contributed by atoms with Crippen LogP contribution in [-0.2, 0) is 0 Å². The monoisotopic (exact) mass is 290 g/mol. The number of nitrogens with one attached hydrogen (secondary N) is 1. The lowest BCUT2D eigenvalue weighted by Gasteiger charge is -2.26. The number of aromatic nitrogens is 1. The first-order valence-electron chi connectivity index (χ1n) is 7.22. The minimum Gasteiger partial charge on any atom is -0.309 e. The van der Waals surface area contributed by atoms with Crippen LogP contribution in [0, 0.1) is 11.6 Å². The Balaban J connectivity index is 2.36. The van der Waals surface area contributed by atoms with Crippen LogP contribution in [0.2, 0.25) is 0 Å². The quantitative estimate of drug-likeness (QED) is 0.862. The first-order valence-corrected chi connectivity index (χ1v) is 7.22. The fourth-order valence-electron chi connectivity index (χ4n) is 2.48. The van der Waals surface area contributed by atoms with Crippen LogP contribution in [0.1, 0.15) is 43.4 Å². The van der Waals surface area contributed by atoms with E-state index in [1.54, 1.807) is 24.5 Å². The molecule has 4 heteroatoms. The number of nitrogens with zero attached hydrogens (tertiary/aromatic N) is 1. The smallest absolute Gasteiger partial charge is 0.163 e. The molecule has 0 aliphatic carbocycles. The minimum absolute atomic E-state index is 0.0100. The van der Waals surface area contributed by atoms with Crippen LogP contribution in [0.25, 0.3) is 0 Å². The van der Waals surface area contributed by atoms with Gasteiger partial charge in [0.05, 0.1) is 0 Å². The van der Waals surface area contributed by atoms with Gasteiger partial charge in [-0.05, 0) is 36.7 Å². The number of pyridine rings is 1. The lowest BCUT2D eigenvalue weighted by atomic mass is 9.88. The largest absolute Gasteiger partial charge is 0.309 e. The highest BCUT2D eigenvalue weighted by atomic mass is 19.2. The average Bonchev–Trinajstić information content (AvgIpc) is 2.52. The van der Waals surface area contributed by atoms with Gasteiger partial charge in [-0.15, -0.1) is 0 Å². The van der Waals surface area contributed by atoms with E-state index in [9.17, 15) is 8.78 Å². The van der Waals surface area contributed by atoms with E-state index in [1.165, 1.54) is 0 Å². The molecule has 21 heavy (non-hydrogen) atoms. The fraction of sp³-hybridized carbons (Fsp3) is 0.353. The van der Waals surface area contributed by atoms with Crippen molar-refractivity contribution in [2.45, 2.75) is 32.2 Å². The van der Waals surface area contributed by atoms with Gasteiger partial charge in [-0.2, -0.15) is 0 Å². The Morgan fingerprint density at radius 1 is 1.14 bits per heavy atom. The second kappa shape index (κ2) is 7.27. The molecule has 2 aromatic rings. The van der Waals surface area contributed by atoms with Crippen LogP contribution in [0.15, 0.2) is 42.7 Å². The van der Waals surface area contributed by atoms with Crippen LogP contribution in [-0.4, -0.2) is 11.5 Å². The molecule has 0 saturated carbocycles. The Bertz CT molecular complexity index is 572. The molecule has 0 aliphatic heterocycles. The van der Waals surface area contributed by atoms with E-state index in [0.717, 1.165) is 24.6 Å². The second-order valence-corrected chi connectivity index (χ2v) is 5.14. The third-order valence-corrected chi connectivity index (χ3v) is 3.66. The number of halogens is 2. The highest BCUT2D eigenvalue weighted by Gasteiger charge is 2.24. The first kappa shape index (κ1) is 15.6. The van der Waals surface area contributed by atoms with E-state index in [4.69, 9.17) is 0 Å². The summed E-state index contributed by atoms with van der Waals surface area (Å²) in [4.78, 5) is 4.00. The molecule has 2 nitrogen and oxygen atoms in total. The van der Waals surface area contributed by atoms with Crippen molar-refractivity contribution in [3.63, 3.8) is 0 Å². The van der Waals surface area contributed by atoms with Gasteiger partial charge in [0.1, 0.15) is 0 Å². The standard InChI is InChI=1S/C17H20F2N2/c1-3-9-21-17(12(2)13-7-10-20-11-8-13)14-5-4-6-15(18)16(14)19/h4-8,10-12,17,21H,3,9H2,1-2H3. The van der Waals surface area contributed by atoms with Gasteiger partial charge in [0.25, 0.3) is 0 Å². The minimum atomic E-state index is -0.808. The summed E-state index contributed by atoms with van der Waals surface area (Å²) in [6, 6.07) is 7.87. The summed E-state index contributed by atoms with van der Waals surface area (Å²) in [5.74, 6) is -1.57. The Kier molecular flexibility index (Phi) is 5.39. The number of rotatable bonds is 6. The molecular formula is C17H20F2N2. The van der Waals surface area contributed by atoms with E-state index in [2.05, 4.69) is 10.3 Å². The molecule has 0 aliphatic rings. The van der Waals surface area contributed by atoms with Crippen molar-refractivity contribution in [3.8, 4) is 0 Å². The van der Waals surface area contributed by atoms with Gasteiger partial charge in [0.2, 0.25) is 0 Å². The van der Waals surface area contributed by atoms with E-state index in [-0.39, 0.29) is 12.0 Å². The van der Waals surface area contributed by atoms with Gasteiger partial charge in [-0.1, -0.05) is 26.0 Å². The van der Waals surface area contributed by atoms with Gasteiger partial charge in [-0.25, -0.2) is 8.78 Å². The zero-order valence-corrected chi connectivity index (χ0v) is 12.3. The van der Waals surface area contributed by atoms with E-state index in [0.29, 0.717) is 5.56 Å². The van der Waals surface area contributed by atoms with Crippen molar-refractivity contribution >= 4 is 0 Å². The Morgan fingerprint density at radius 2 is 1.86 bits per heavy atom. The van der Waals surface area contributed by atoms with Crippen LogP contribution in [0.3, 0.4) is 0 Å². The van der Waals surface area contributed by atoms with Crippen molar-refractivity contribution < 1.29 is 8.78 Å². The average molecular weight is 290 g/mol. The highest BCUT2D eigenvalue weighted by molar-refractivity contribution is 5.28. The van der Waals surface area contributed by atoms with Gasteiger partial charge >= 0.3 is 0 Å². The summed E-state index contributed by atoms with van der Waals surface area (Å²) in [6.07, 6.45) is 4.35. The molecule has 2 atom stereocenters. The van der Waals surface area contributed by atoms with Crippen molar-refractivity contribution in [1.82, 2.24) is 10.3 Å². The van der Waals surface area contributed by atoms with Crippen molar-refractivity contribution in [1.29, 1.82) is 0 Å². The Hall–Kier alpha value is -1.81. The molecule has 1 aromatic carbocycles. The molecule has 1 aromatic heterocycles. The predicted octanol–water partition coefficient (Wildman–Crippen LogP) is 4.20. The zero-order chi connectivity index (χ0) is 15.2. The van der Waals surface area contributed by atoms with Crippen LogP contribution >= 0.6 is 0 Å². The third-order valence-electron chi connectivity index (χ3n) is 3.66. The van der Waals surface area contributed by atoms with Gasteiger partial charge in [0, 0.05) is 29.9 Å². The molecule has 112 valence electrons. The van der Waals surface area contributed by atoms with Crippen molar-refractivity contribution in [2.24, 2.45) is 0 Å². The van der Waals surface area contributed by atoms with Crippen molar-refractivity contribution in [2.75, 3.05) is 6.54 Å². The summed E-state index contributed by atoms with van der Waals surface area (Å²) >= 11 is 0. The summed E-state index contributed by atoms with van der Waals surface area (Å²) in [6.45, 7) is 4.80. The molecular weight excluding hydrogens is 270 g/mol. The van der Waals surface area contributed by atoms with E-state index >= 15 is 0 Å². The molecule has 0 radical (unpaired) electrons. The predicted molar refractivity (Wildman–Crippen MR) is 80.0 cm³/mol. The topological polar surface area (TPSA) is 24.9 Å². The molecule has 0 amide bonds. The second-order valence-electron chi connectivity index (χ2n) is 5.14. The molecule has 0 bridgehead atoms. The maximum Gasteiger partial charge on any atom is 0.163 e. The van der Waals surface area contributed by atoms with E-state index < -0.39 is 11.6 Å². The maximum absolute atomic E-state index is 14.1. The molecule has 0 fully saturated rings. The van der Waals surface area contributed by atoms with Crippen LogP contribution < -0.4 is 5.32 Å². The molecule has 2 rings (SSSR count). The summed E-state index contributed by atoms with van der Waals surface area (Å²) in [5.41, 5.74) is 1.41. The highest BCUT2D eigenvalue weighted by Crippen LogP contribution is 2.32. The first-order chi connectivity index (χ1) is 10.1. The van der Waals surface area contributed by atoms with Gasteiger partial charge in [-0.3, -0.25) is 4.98 Å². The zero-order valence-electron chi connectivity index (χ0n) is 12.3. The molecule has 2 unspecified atom stereocenters. The third kappa shape index (κ3) is 3.64. The number of hydrogen-bond acceptors (Lipinski definition) is 2. The Labute approximate surface area is 124 Å². The van der Waals surface area contributed by atoms with Gasteiger partial charge in [0.15, 0.2) is 11.6 Å². The molecule has 0 saturated heterocycles. The number of benzene rings is 1. The normalized spacial score (nSPS) is 13.9. The SMILES string of the molecule is CCCNC(c1cccc(F)c1F)C(C)c1ccncc1. The van der Waals surface area contributed by atoms with Crippen LogP contribution in [0.4, 0.5) is 8.78 Å². The van der Waals surface area contributed by atoms with Crippen molar-refractivity contribution in [3.05, 3.63) is 65.5 Å². The summed E-state index contributed by atoms with van der Waals surface area (Å²) in [7, 11) is 0. The molecule has 1 heterocycles. The number of hydrogen-bond donors (Lipinski definition) is 1. The maximum atomic E-state index is 14.1. The summed E-state index contributed by atoms with van der Waals surface area (Å²) < 4.78 is 27.6. The molecule has 0 spiro atoms. The molecule has 1 N–H and O–H groups in total. The van der Waals surface area contributed by atoms with E-state index in [1.807, 2.05) is 26.0 Å². The lowest BCUT2D eigenvalue weighted by molar-refractivity contribution is 0.427. The fourth-order valence-corrected chi connectivity index (χ4v) is 2.48. The summed E-state index contributed by atoms with van der Waals surface area (Å²) in [5, 5.41) is 3.32. The van der Waals surface area contributed by atoms with Gasteiger partial charge < -0.3 is 5.32 Å². The van der Waals surface area contributed by atoms with Crippen LogP contribution in [0.5, 0.6) is 0 Å².